The van der Waals surface area contributed by atoms with E-state index in [1.165, 1.54) is 26.3 Å². The van der Waals surface area contributed by atoms with Gasteiger partial charge in [0.25, 0.3) is 0 Å². The highest BCUT2D eigenvalue weighted by molar-refractivity contribution is 7.20. The van der Waals surface area contributed by atoms with Crippen molar-refractivity contribution in [2.24, 2.45) is 0 Å². The van der Waals surface area contributed by atoms with Crippen LogP contribution in [0.2, 0.25) is 0 Å². The first-order valence-corrected chi connectivity index (χ1v) is 18.0. The first-order valence-electron chi connectivity index (χ1n) is 16.0. The molecule has 224 valence electrons. The van der Waals surface area contributed by atoms with Crippen LogP contribution in [0.15, 0.2) is 176 Å². The molecule has 48 heavy (non-hydrogen) atoms. The molecule has 0 fully saturated rings. The van der Waals surface area contributed by atoms with Gasteiger partial charge in [0.05, 0.1) is 23.7 Å². The molecule has 0 N–H and O–H groups in total. The molecule has 0 saturated carbocycles. The maximum atomic E-state index is 10.7. The van der Waals surface area contributed by atoms with Crippen LogP contribution in [-0.4, -0.2) is 12.6 Å². The van der Waals surface area contributed by atoms with Crippen molar-refractivity contribution in [3.63, 3.8) is 0 Å². The topological polar surface area (TPSA) is 33.1 Å². The Labute approximate surface area is 281 Å². The van der Waals surface area contributed by atoms with Crippen LogP contribution >= 0.6 is 0 Å². The van der Waals surface area contributed by atoms with Crippen LogP contribution in [0.5, 0.6) is 0 Å². The summed E-state index contributed by atoms with van der Waals surface area (Å²) >= 11 is 0. The molecular weight excluding hydrogens is 599 g/mol. The summed E-state index contributed by atoms with van der Waals surface area (Å²) in [6, 6.07) is 63.5. The van der Waals surface area contributed by atoms with Crippen LogP contribution in [0, 0.1) is 17.9 Å². The van der Waals surface area contributed by atoms with Gasteiger partial charge in [0.15, 0.2) is 13.8 Å². The number of hydrogen-bond acceptors (Lipinski definition) is 1. The molecule has 0 aliphatic carbocycles. The Morgan fingerprint density at radius 1 is 0.521 bits per heavy atom. The zero-order valence-electron chi connectivity index (χ0n) is 26.1. The summed E-state index contributed by atoms with van der Waals surface area (Å²) in [7, 11) is -2.91. The van der Waals surface area contributed by atoms with Gasteiger partial charge >= 0.3 is 0 Å². The average Bonchev–Trinajstić information content (AvgIpc) is 3.50. The summed E-state index contributed by atoms with van der Waals surface area (Å²) in [5.41, 5.74) is 5.80. The van der Waals surface area contributed by atoms with Crippen molar-refractivity contribution in [2.45, 2.75) is 0 Å². The van der Waals surface area contributed by atoms with E-state index in [-0.39, 0.29) is 0 Å². The van der Waals surface area contributed by atoms with Gasteiger partial charge < -0.3 is 4.57 Å². The van der Waals surface area contributed by atoms with Crippen LogP contribution in [0.25, 0.3) is 43.5 Å². The van der Waals surface area contributed by atoms with Crippen molar-refractivity contribution < 1.29 is 0 Å². The third kappa shape index (κ3) is 4.55. The van der Waals surface area contributed by atoms with Gasteiger partial charge in [0.1, 0.15) is 0 Å². The molecule has 3 nitrogen and oxygen atoms in total. The minimum absolute atomic E-state index is 0.480. The number of nitrogens with zero attached hydrogens (tertiary/aromatic N) is 3. The van der Waals surface area contributed by atoms with E-state index in [9.17, 15) is 5.26 Å². The molecule has 4 heteroatoms. The maximum absolute atomic E-state index is 10.7. The third-order valence-electron chi connectivity index (χ3n) is 9.41. The molecule has 8 rings (SSSR count). The molecule has 0 unspecified atom stereocenters. The van der Waals surface area contributed by atoms with E-state index in [1.807, 2.05) is 42.5 Å². The van der Waals surface area contributed by atoms with Gasteiger partial charge in [-0.25, -0.2) is 4.85 Å². The Morgan fingerprint density at radius 2 is 0.979 bits per heavy atom. The van der Waals surface area contributed by atoms with Crippen LogP contribution in [0.1, 0.15) is 5.56 Å². The lowest BCUT2D eigenvalue weighted by Gasteiger charge is -2.35. The third-order valence-corrected chi connectivity index (χ3v) is 14.2. The summed E-state index contributed by atoms with van der Waals surface area (Å²) in [6.07, 6.45) is 0. The van der Waals surface area contributed by atoms with Crippen molar-refractivity contribution in [2.75, 3.05) is 0 Å². The summed E-state index contributed by atoms with van der Waals surface area (Å²) in [5.74, 6) is 0. The highest BCUT2D eigenvalue weighted by Crippen LogP contribution is 2.36. The smallest absolute Gasteiger partial charge is 0.196 e. The van der Waals surface area contributed by atoms with Crippen LogP contribution in [0.3, 0.4) is 0 Å². The fraction of sp³-hybridized carbons (Fsp3) is 0. The molecule has 7 aromatic carbocycles. The predicted octanol–water partition coefficient (Wildman–Crippen LogP) is 8.25. The summed E-state index contributed by atoms with van der Waals surface area (Å²) in [6.45, 7) is 8.38. The number of rotatable bonds is 6. The van der Waals surface area contributed by atoms with Crippen molar-refractivity contribution in [3.8, 4) is 22.9 Å². The first kappa shape index (κ1) is 29.0. The fourth-order valence-corrected chi connectivity index (χ4v) is 12.2. The monoisotopic (exact) mass is 627 g/mol. The van der Waals surface area contributed by atoms with E-state index in [0.717, 1.165) is 27.5 Å². The van der Waals surface area contributed by atoms with Gasteiger partial charge in [-0.2, -0.15) is 5.26 Å². The second kappa shape index (κ2) is 12.0. The fourth-order valence-electron chi connectivity index (χ4n) is 7.37. The molecule has 0 radical (unpaired) electrons. The minimum Gasteiger partial charge on any atom is -0.309 e. The van der Waals surface area contributed by atoms with E-state index in [4.69, 9.17) is 6.57 Å². The Kier molecular flexibility index (Phi) is 7.27. The molecule has 0 aliphatic heterocycles. The second-order valence-corrected chi connectivity index (χ2v) is 15.7. The molecule has 1 heterocycles. The van der Waals surface area contributed by atoms with Crippen LogP contribution in [0.4, 0.5) is 5.69 Å². The molecule has 8 aromatic rings. The first-order chi connectivity index (χ1) is 23.7. The standard InChI is InChI=1S/C44H29N3Si/c1-46-41-30-38(48(35-15-5-2-6-16-35,36-17-7-3-8-18-36)37-19-9-4-10-20-37)29-33(31-45)44(41)32-25-27-34(28-26-32)47-42-23-13-11-21-39(42)40-22-12-14-24-43(40)47/h2-30H. The number of hydrogen-bond donors (Lipinski definition) is 0. The van der Waals surface area contributed by atoms with Gasteiger partial charge in [-0.3, -0.25) is 0 Å². The van der Waals surface area contributed by atoms with Crippen molar-refractivity contribution >= 4 is 56.3 Å². The van der Waals surface area contributed by atoms with Crippen molar-refractivity contribution in [3.05, 3.63) is 193 Å². The zero-order chi connectivity index (χ0) is 32.5. The van der Waals surface area contributed by atoms with Gasteiger partial charge in [-0.05, 0) is 51.5 Å². The molecule has 0 saturated heterocycles. The normalized spacial score (nSPS) is 11.3. The Balaban J connectivity index is 1.34. The van der Waals surface area contributed by atoms with Crippen LogP contribution < -0.4 is 20.7 Å². The molecule has 0 bridgehead atoms. The van der Waals surface area contributed by atoms with E-state index in [2.05, 4.69) is 149 Å². The highest BCUT2D eigenvalue weighted by atomic mass is 28.3. The van der Waals surface area contributed by atoms with E-state index in [1.54, 1.807) is 0 Å². The molecular formula is C44H29N3Si. The lowest BCUT2D eigenvalue weighted by Crippen LogP contribution is -2.74. The number of benzene rings is 7. The van der Waals surface area contributed by atoms with Gasteiger partial charge in [-0.15, -0.1) is 0 Å². The predicted molar refractivity (Wildman–Crippen MR) is 201 cm³/mol. The maximum Gasteiger partial charge on any atom is 0.196 e. The second-order valence-electron chi connectivity index (χ2n) is 11.9. The number of para-hydroxylation sites is 2. The molecule has 0 aliphatic rings. The Hall–Kier alpha value is -6.46. The largest absolute Gasteiger partial charge is 0.309 e. The van der Waals surface area contributed by atoms with Gasteiger partial charge in [-0.1, -0.05) is 151 Å². The van der Waals surface area contributed by atoms with Gasteiger partial charge in [0, 0.05) is 27.6 Å². The summed E-state index contributed by atoms with van der Waals surface area (Å²) in [4.78, 5) is 4.08. The number of nitriles is 1. The van der Waals surface area contributed by atoms with Gasteiger partial charge in [0.2, 0.25) is 0 Å². The molecule has 1 aromatic heterocycles. The number of fused-ring (bicyclic) bond motifs is 3. The molecule has 0 spiro atoms. The summed E-state index contributed by atoms with van der Waals surface area (Å²) in [5, 5.41) is 17.7. The number of aromatic nitrogens is 1. The average molecular weight is 628 g/mol. The van der Waals surface area contributed by atoms with Crippen molar-refractivity contribution in [1.29, 1.82) is 5.26 Å². The van der Waals surface area contributed by atoms with E-state index < -0.39 is 8.07 Å². The SMILES string of the molecule is [C-]#[N+]c1cc([Si](c2ccccc2)(c2ccccc2)c2ccccc2)cc(C#N)c1-c1ccc(-n2c3ccccc3c3ccccc32)cc1. The molecule has 0 amide bonds. The Bertz CT molecular complexity index is 2320. The summed E-state index contributed by atoms with van der Waals surface area (Å²) < 4.78 is 2.28. The lowest BCUT2D eigenvalue weighted by molar-refractivity contribution is 1.18. The lowest BCUT2D eigenvalue weighted by atomic mass is 9.98. The van der Waals surface area contributed by atoms with Crippen molar-refractivity contribution in [1.82, 2.24) is 4.57 Å². The van der Waals surface area contributed by atoms with E-state index in [0.29, 0.717) is 16.8 Å². The van der Waals surface area contributed by atoms with Crippen LogP contribution in [-0.2, 0) is 0 Å². The Morgan fingerprint density at radius 3 is 1.44 bits per heavy atom. The highest BCUT2D eigenvalue weighted by Gasteiger charge is 2.42. The zero-order valence-corrected chi connectivity index (χ0v) is 27.1. The van der Waals surface area contributed by atoms with E-state index >= 15 is 0 Å². The minimum atomic E-state index is -2.91. The quantitative estimate of drug-likeness (QED) is 0.104. The molecule has 0 atom stereocenters.